The Balaban J connectivity index is 1.49. The van der Waals surface area contributed by atoms with Crippen LogP contribution in [-0.2, 0) is 13.2 Å². The zero-order chi connectivity index (χ0) is 18.2. The van der Waals surface area contributed by atoms with Crippen LogP contribution < -0.4 is 10.1 Å². The average Bonchev–Trinajstić information content (AvgIpc) is 2.72. The summed E-state index contributed by atoms with van der Waals surface area (Å²) in [6, 6.07) is 26.6. The Morgan fingerprint density at radius 1 is 0.846 bits per heavy atom. The first-order valence-electron chi connectivity index (χ1n) is 8.95. The fourth-order valence-electron chi connectivity index (χ4n) is 2.68. The standard InChI is InChI=1S/C23H25NO2/c1-18(16-25)21-9-11-22(12-10-21)24-15-19-7-13-23(14-8-19)26-17-20-5-3-2-4-6-20/h2-14,18,24-25H,15-17H2,1H3. The van der Waals surface area contributed by atoms with Crippen LogP contribution in [0.2, 0.25) is 0 Å². The Morgan fingerprint density at radius 3 is 2.19 bits per heavy atom. The van der Waals surface area contributed by atoms with Gasteiger partial charge < -0.3 is 15.2 Å². The van der Waals surface area contributed by atoms with Crippen molar-refractivity contribution in [2.24, 2.45) is 0 Å². The van der Waals surface area contributed by atoms with Gasteiger partial charge in [0.05, 0.1) is 0 Å². The lowest BCUT2D eigenvalue weighted by atomic mass is 10.0. The van der Waals surface area contributed by atoms with Gasteiger partial charge in [0.1, 0.15) is 12.4 Å². The zero-order valence-corrected chi connectivity index (χ0v) is 15.1. The number of rotatable bonds is 8. The van der Waals surface area contributed by atoms with Crippen LogP contribution in [-0.4, -0.2) is 11.7 Å². The predicted octanol–water partition coefficient (Wildman–Crippen LogP) is 4.97. The Labute approximate surface area is 155 Å². The molecule has 0 aliphatic carbocycles. The van der Waals surface area contributed by atoms with E-state index in [0.717, 1.165) is 29.1 Å². The highest BCUT2D eigenvalue weighted by molar-refractivity contribution is 5.46. The Hall–Kier alpha value is -2.78. The number of hydrogen-bond acceptors (Lipinski definition) is 3. The van der Waals surface area contributed by atoms with Gasteiger partial charge in [-0.15, -0.1) is 0 Å². The molecule has 3 aromatic carbocycles. The summed E-state index contributed by atoms with van der Waals surface area (Å²) in [4.78, 5) is 0. The highest BCUT2D eigenvalue weighted by atomic mass is 16.5. The van der Waals surface area contributed by atoms with E-state index in [4.69, 9.17) is 4.74 Å². The van der Waals surface area contributed by atoms with E-state index in [0.29, 0.717) is 6.61 Å². The van der Waals surface area contributed by atoms with Crippen molar-refractivity contribution in [1.82, 2.24) is 0 Å². The fraction of sp³-hybridized carbons (Fsp3) is 0.217. The number of hydrogen-bond donors (Lipinski definition) is 2. The van der Waals surface area contributed by atoms with Gasteiger partial charge in [-0.25, -0.2) is 0 Å². The van der Waals surface area contributed by atoms with E-state index in [-0.39, 0.29) is 12.5 Å². The van der Waals surface area contributed by atoms with Gasteiger partial charge in [-0.05, 0) is 41.0 Å². The molecule has 0 saturated carbocycles. The minimum Gasteiger partial charge on any atom is -0.489 e. The maximum absolute atomic E-state index is 9.21. The summed E-state index contributed by atoms with van der Waals surface area (Å²) >= 11 is 0. The van der Waals surface area contributed by atoms with Crippen molar-refractivity contribution in [3.8, 4) is 5.75 Å². The SMILES string of the molecule is CC(CO)c1ccc(NCc2ccc(OCc3ccccc3)cc2)cc1. The normalized spacial score (nSPS) is 11.8. The van der Waals surface area contributed by atoms with Crippen molar-refractivity contribution in [3.63, 3.8) is 0 Å². The van der Waals surface area contributed by atoms with Gasteiger partial charge in [0, 0.05) is 24.8 Å². The molecule has 3 aromatic rings. The molecule has 0 radical (unpaired) electrons. The molecular formula is C23H25NO2. The van der Waals surface area contributed by atoms with Crippen molar-refractivity contribution in [2.45, 2.75) is 26.0 Å². The molecule has 0 heterocycles. The van der Waals surface area contributed by atoms with Crippen LogP contribution in [0.4, 0.5) is 5.69 Å². The molecule has 1 unspecified atom stereocenters. The van der Waals surface area contributed by atoms with Crippen molar-refractivity contribution >= 4 is 5.69 Å². The van der Waals surface area contributed by atoms with Gasteiger partial charge in [0.15, 0.2) is 0 Å². The van der Waals surface area contributed by atoms with E-state index in [2.05, 4.69) is 53.8 Å². The summed E-state index contributed by atoms with van der Waals surface area (Å²) in [5, 5.41) is 12.6. The molecule has 0 aliphatic rings. The largest absolute Gasteiger partial charge is 0.489 e. The first kappa shape index (κ1) is 18.0. The van der Waals surface area contributed by atoms with Gasteiger partial charge in [0.2, 0.25) is 0 Å². The minimum atomic E-state index is 0.172. The van der Waals surface area contributed by atoms with Crippen LogP contribution in [0.25, 0.3) is 0 Å². The van der Waals surface area contributed by atoms with Crippen LogP contribution in [0.15, 0.2) is 78.9 Å². The maximum atomic E-state index is 9.21. The fourth-order valence-corrected chi connectivity index (χ4v) is 2.68. The molecule has 0 fully saturated rings. The number of anilines is 1. The Morgan fingerprint density at radius 2 is 1.54 bits per heavy atom. The van der Waals surface area contributed by atoms with E-state index < -0.39 is 0 Å². The molecule has 26 heavy (non-hydrogen) atoms. The zero-order valence-electron chi connectivity index (χ0n) is 15.1. The molecule has 3 nitrogen and oxygen atoms in total. The van der Waals surface area contributed by atoms with Crippen molar-refractivity contribution in [2.75, 3.05) is 11.9 Å². The van der Waals surface area contributed by atoms with E-state index in [1.54, 1.807) is 0 Å². The minimum absolute atomic E-state index is 0.172. The quantitative estimate of drug-likeness (QED) is 0.604. The summed E-state index contributed by atoms with van der Waals surface area (Å²) in [6.07, 6.45) is 0. The molecule has 2 N–H and O–H groups in total. The van der Waals surface area contributed by atoms with Gasteiger partial charge in [-0.3, -0.25) is 0 Å². The molecule has 0 bridgehead atoms. The lowest BCUT2D eigenvalue weighted by Gasteiger charge is -2.11. The van der Waals surface area contributed by atoms with Crippen LogP contribution in [0.3, 0.4) is 0 Å². The second-order valence-corrected chi connectivity index (χ2v) is 6.48. The summed E-state index contributed by atoms with van der Waals surface area (Å²) < 4.78 is 5.82. The number of benzene rings is 3. The molecule has 0 aromatic heterocycles. The lowest BCUT2D eigenvalue weighted by molar-refractivity contribution is 0.273. The molecule has 3 rings (SSSR count). The van der Waals surface area contributed by atoms with Crippen molar-refractivity contribution < 1.29 is 9.84 Å². The van der Waals surface area contributed by atoms with E-state index in [1.165, 1.54) is 5.56 Å². The summed E-state index contributed by atoms with van der Waals surface area (Å²) in [5.74, 6) is 1.05. The Bertz CT molecular complexity index is 783. The monoisotopic (exact) mass is 347 g/mol. The average molecular weight is 347 g/mol. The van der Waals surface area contributed by atoms with E-state index in [1.807, 2.05) is 37.3 Å². The van der Waals surface area contributed by atoms with Crippen LogP contribution >= 0.6 is 0 Å². The van der Waals surface area contributed by atoms with Gasteiger partial charge in [-0.1, -0.05) is 61.5 Å². The number of ether oxygens (including phenoxy) is 1. The van der Waals surface area contributed by atoms with Crippen molar-refractivity contribution in [1.29, 1.82) is 0 Å². The first-order valence-corrected chi connectivity index (χ1v) is 8.95. The molecule has 3 heteroatoms. The summed E-state index contributed by atoms with van der Waals surface area (Å²) in [6.45, 7) is 3.53. The van der Waals surface area contributed by atoms with Gasteiger partial charge in [-0.2, -0.15) is 0 Å². The maximum Gasteiger partial charge on any atom is 0.119 e. The topological polar surface area (TPSA) is 41.5 Å². The highest BCUT2D eigenvalue weighted by Crippen LogP contribution is 2.19. The summed E-state index contributed by atoms with van der Waals surface area (Å²) in [7, 11) is 0. The van der Waals surface area contributed by atoms with E-state index >= 15 is 0 Å². The molecule has 0 saturated heterocycles. The highest BCUT2D eigenvalue weighted by Gasteiger charge is 2.03. The lowest BCUT2D eigenvalue weighted by Crippen LogP contribution is -2.01. The molecule has 0 amide bonds. The molecule has 0 aliphatic heterocycles. The molecular weight excluding hydrogens is 322 g/mol. The predicted molar refractivity (Wildman–Crippen MR) is 106 cm³/mol. The van der Waals surface area contributed by atoms with Gasteiger partial charge >= 0.3 is 0 Å². The number of aliphatic hydroxyl groups excluding tert-OH is 1. The first-order chi connectivity index (χ1) is 12.7. The van der Waals surface area contributed by atoms with Crippen LogP contribution in [0.1, 0.15) is 29.5 Å². The second kappa shape index (κ2) is 9.07. The third-order valence-corrected chi connectivity index (χ3v) is 4.42. The Kier molecular flexibility index (Phi) is 6.29. The van der Waals surface area contributed by atoms with Gasteiger partial charge in [0.25, 0.3) is 0 Å². The molecule has 1 atom stereocenters. The third kappa shape index (κ3) is 5.11. The number of aliphatic hydroxyl groups is 1. The van der Waals surface area contributed by atoms with Crippen LogP contribution in [0.5, 0.6) is 5.75 Å². The second-order valence-electron chi connectivity index (χ2n) is 6.48. The third-order valence-electron chi connectivity index (χ3n) is 4.42. The smallest absolute Gasteiger partial charge is 0.119 e. The van der Waals surface area contributed by atoms with Crippen molar-refractivity contribution in [3.05, 3.63) is 95.6 Å². The molecule has 0 spiro atoms. The summed E-state index contributed by atoms with van der Waals surface area (Å²) in [5.41, 5.74) is 4.59. The number of nitrogens with one attached hydrogen (secondary N) is 1. The van der Waals surface area contributed by atoms with Crippen LogP contribution in [0, 0.1) is 0 Å². The van der Waals surface area contributed by atoms with E-state index in [9.17, 15) is 5.11 Å². The molecule has 134 valence electrons.